The molecule has 85 valence electrons. The number of hydrogen-bond donors (Lipinski definition) is 0. The van der Waals surface area contributed by atoms with E-state index < -0.39 is 4.92 Å². The Morgan fingerprint density at radius 1 is 1.18 bits per heavy atom. The van der Waals surface area contributed by atoms with Crippen LogP contribution in [0.4, 0.5) is 5.69 Å². The first-order valence-electron chi connectivity index (χ1n) is 4.75. The Balaban J connectivity index is 2.21. The van der Waals surface area contributed by atoms with Crippen molar-refractivity contribution in [1.82, 2.24) is 0 Å². The van der Waals surface area contributed by atoms with Gasteiger partial charge in [-0.1, -0.05) is 15.9 Å². The van der Waals surface area contributed by atoms with Crippen molar-refractivity contribution in [1.29, 1.82) is 0 Å². The first kappa shape index (κ1) is 11.6. The number of hydrogen-bond acceptors (Lipinski definition) is 3. The highest BCUT2D eigenvalue weighted by Gasteiger charge is 2.07. The first-order valence-corrected chi connectivity index (χ1v) is 5.54. The molecule has 0 N–H and O–H groups in total. The molecule has 0 saturated carbocycles. The zero-order valence-electron chi connectivity index (χ0n) is 8.59. The molecule has 0 aliphatic heterocycles. The van der Waals surface area contributed by atoms with Crippen LogP contribution in [0.2, 0.25) is 0 Å². The molecule has 17 heavy (non-hydrogen) atoms. The lowest BCUT2D eigenvalue weighted by molar-refractivity contribution is -0.385. The van der Waals surface area contributed by atoms with E-state index >= 15 is 0 Å². The zero-order valence-corrected chi connectivity index (χ0v) is 10.2. The van der Waals surface area contributed by atoms with Crippen molar-refractivity contribution in [3.63, 3.8) is 0 Å². The molecule has 0 atom stereocenters. The van der Waals surface area contributed by atoms with E-state index in [4.69, 9.17) is 4.74 Å². The van der Waals surface area contributed by atoms with Crippen molar-refractivity contribution >= 4 is 21.6 Å². The Bertz CT molecular complexity index is 540. The zero-order chi connectivity index (χ0) is 12.3. The molecule has 0 unspecified atom stereocenters. The average molecular weight is 293 g/mol. The Labute approximate surface area is 106 Å². The summed E-state index contributed by atoms with van der Waals surface area (Å²) in [6, 6.07) is 14.1. The average Bonchev–Trinajstić information content (AvgIpc) is 2.32. The van der Waals surface area contributed by atoms with Gasteiger partial charge < -0.3 is 4.74 Å². The fourth-order valence-corrected chi connectivity index (χ4v) is 1.51. The largest absolute Gasteiger partial charge is 0.457 e. The van der Waals surface area contributed by atoms with E-state index in [-0.39, 0.29) is 5.69 Å². The molecule has 4 nitrogen and oxygen atoms in total. The van der Waals surface area contributed by atoms with E-state index in [1.54, 1.807) is 18.2 Å². The van der Waals surface area contributed by atoms with Crippen molar-refractivity contribution in [3.8, 4) is 11.5 Å². The number of non-ortho nitro benzene ring substituents is 1. The fraction of sp³-hybridized carbons (Fsp3) is 0. The van der Waals surface area contributed by atoms with Gasteiger partial charge in [0.05, 0.1) is 17.1 Å². The van der Waals surface area contributed by atoms with Crippen molar-refractivity contribution in [2.24, 2.45) is 0 Å². The molecule has 0 aliphatic carbocycles. The lowest BCUT2D eigenvalue weighted by Gasteiger charge is -2.04. The molecule has 0 fully saturated rings. The number of benzene rings is 2. The van der Waals surface area contributed by atoms with Gasteiger partial charge in [-0.05, 0) is 36.4 Å². The lowest BCUT2D eigenvalue weighted by Crippen LogP contribution is -1.89. The van der Waals surface area contributed by atoms with Gasteiger partial charge in [-0.2, -0.15) is 0 Å². The summed E-state index contributed by atoms with van der Waals surface area (Å²) in [6.07, 6.45) is 0. The first-order chi connectivity index (χ1) is 8.15. The third kappa shape index (κ3) is 3.04. The molecule has 0 amide bonds. The second kappa shape index (κ2) is 4.97. The summed E-state index contributed by atoms with van der Waals surface area (Å²) in [4.78, 5) is 10.1. The molecule has 5 heteroatoms. The molecule has 0 bridgehead atoms. The van der Waals surface area contributed by atoms with Crippen molar-refractivity contribution < 1.29 is 9.66 Å². The predicted molar refractivity (Wildman–Crippen MR) is 66.1 cm³/mol. The van der Waals surface area contributed by atoms with Crippen molar-refractivity contribution in [3.05, 3.63) is 63.1 Å². The van der Waals surface area contributed by atoms with Gasteiger partial charge in [0.25, 0.3) is 5.69 Å². The maximum atomic E-state index is 10.6. The van der Waals surface area contributed by atoms with Crippen LogP contribution in [0.5, 0.6) is 11.5 Å². The van der Waals surface area contributed by atoms with Gasteiger partial charge in [-0.3, -0.25) is 10.1 Å². The molecular weight excluding hydrogens is 286 g/mol. The van der Waals surface area contributed by atoms with Crippen molar-refractivity contribution in [2.75, 3.05) is 0 Å². The van der Waals surface area contributed by atoms with Crippen LogP contribution in [0.25, 0.3) is 0 Å². The molecule has 2 rings (SSSR count). The second-order valence-corrected chi connectivity index (χ2v) is 4.14. The van der Waals surface area contributed by atoms with E-state index in [0.29, 0.717) is 11.5 Å². The summed E-state index contributed by atoms with van der Waals surface area (Å²) in [5.41, 5.74) is -0.111. The number of nitro groups is 1. The van der Waals surface area contributed by atoms with Gasteiger partial charge >= 0.3 is 0 Å². The fourth-order valence-electron chi connectivity index (χ4n) is 1.24. The molecule has 2 aromatic carbocycles. The molecule has 0 heterocycles. The Morgan fingerprint density at radius 3 is 2.53 bits per heavy atom. The summed E-state index contributed by atoms with van der Waals surface area (Å²) in [6.45, 7) is 0. The Kier molecular flexibility index (Phi) is 3.39. The third-order valence-electron chi connectivity index (χ3n) is 2.00. The summed E-state index contributed by atoms with van der Waals surface area (Å²) in [5.74, 6) is 1.03. The predicted octanol–water partition coefficient (Wildman–Crippen LogP) is 3.95. The van der Waals surface area contributed by atoms with E-state index in [1.807, 2.05) is 12.1 Å². The van der Waals surface area contributed by atoms with Gasteiger partial charge in [0.15, 0.2) is 0 Å². The maximum absolute atomic E-state index is 10.6. The monoisotopic (exact) mass is 292 g/mol. The number of nitrogens with zero attached hydrogens (tertiary/aromatic N) is 1. The van der Waals surface area contributed by atoms with Crippen LogP contribution in [0, 0.1) is 16.2 Å². The minimum Gasteiger partial charge on any atom is -0.457 e. The summed E-state index contributed by atoms with van der Waals surface area (Å²) in [5, 5.41) is 10.6. The normalized spacial score (nSPS) is 9.94. The summed E-state index contributed by atoms with van der Waals surface area (Å²) < 4.78 is 6.42. The highest BCUT2D eigenvalue weighted by molar-refractivity contribution is 9.10. The standard InChI is InChI=1S/C12H7BrNO3/c13-9-4-6-11(7-5-9)17-12-3-1-2-10(8-12)14(15)16/h1,3-8H. The van der Waals surface area contributed by atoms with E-state index in [1.165, 1.54) is 12.1 Å². The van der Waals surface area contributed by atoms with Crippen LogP contribution in [0.15, 0.2) is 46.9 Å². The minimum absolute atomic E-state index is 0.111. The number of ether oxygens (including phenoxy) is 1. The van der Waals surface area contributed by atoms with Crippen LogP contribution in [-0.4, -0.2) is 4.92 Å². The highest BCUT2D eigenvalue weighted by atomic mass is 79.9. The van der Waals surface area contributed by atoms with Gasteiger partial charge in [0, 0.05) is 4.47 Å². The Hall–Kier alpha value is -1.88. The summed E-state index contributed by atoms with van der Waals surface area (Å²) >= 11 is 3.31. The molecular formula is C12H7BrNO3. The number of rotatable bonds is 3. The smallest absolute Gasteiger partial charge is 0.281 e. The SMILES string of the molecule is O=[N+]([O-])c1[c]ccc(Oc2ccc(Br)cc2)c1. The molecule has 0 spiro atoms. The van der Waals surface area contributed by atoms with Crippen LogP contribution < -0.4 is 4.74 Å². The molecule has 0 aliphatic rings. The Morgan fingerprint density at radius 2 is 1.88 bits per heavy atom. The van der Waals surface area contributed by atoms with E-state index in [2.05, 4.69) is 22.0 Å². The van der Waals surface area contributed by atoms with Crippen LogP contribution in [0.3, 0.4) is 0 Å². The van der Waals surface area contributed by atoms with E-state index in [0.717, 1.165) is 4.47 Å². The van der Waals surface area contributed by atoms with Crippen LogP contribution in [-0.2, 0) is 0 Å². The lowest BCUT2D eigenvalue weighted by atomic mass is 10.3. The quantitative estimate of drug-likeness (QED) is 0.636. The highest BCUT2D eigenvalue weighted by Crippen LogP contribution is 2.25. The van der Waals surface area contributed by atoms with Crippen LogP contribution in [0.1, 0.15) is 0 Å². The second-order valence-electron chi connectivity index (χ2n) is 3.22. The van der Waals surface area contributed by atoms with Gasteiger partial charge in [-0.25, -0.2) is 0 Å². The maximum Gasteiger partial charge on any atom is 0.281 e. The molecule has 0 saturated heterocycles. The van der Waals surface area contributed by atoms with Crippen LogP contribution >= 0.6 is 15.9 Å². The minimum atomic E-state index is -0.506. The van der Waals surface area contributed by atoms with Gasteiger partial charge in [-0.15, -0.1) is 0 Å². The van der Waals surface area contributed by atoms with Crippen molar-refractivity contribution in [2.45, 2.75) is 0 Å². The molecule has 1 radical (unpaired) electrons. The molecule has 2 aromatic rings. The van der Waals surface area contributed by atoms with Gasteiger partial charge in [0.2, 0.25) is 0 Å². The number of nitro benzene ring substituents is 1. The third-order valence-corrected chi connectivity index (χ3v) is 2.53. The topological polar surface area (TPSA) is 52.4 Å². The van der Waals surface area contributed by atoms with E-state index in [9.17, 15) is 10.1 Å². The van der Waals surface area contributed by atoms with Gasteiger partial charge in [0.1, 0.15) is 11.5 Å². The summed E-state index contributed by atoms with van der Waals surface area (Å²) in [7, 11) is 0. The number of halogens is 1. The molecule has 0 aromatic heterocycles.